The number of hydrogen-bond donors (Lipinski definition) is 2. The molecule has 0 saturated heterocycles. The fourth-order valence-electron chi connectivity index (χ4n) is 3.39. The summed E-state index contributed by atoms with van der Waals surface area (Å²) < 4.78 is 10.6. The highest BCUT2D eigenvalue weighted by Gasteiger charge is 2.23. The van der Waals surface area contributed by atoms with E-state index in [9.17, 15) is 9.59 Å². The number of rotatable bonds is 5. The monoisotopic (exact) mass is 438 g/mol. The Bertz CT molecular complexity index is 1140. The second-order valence-corrected chi connectivity index (χ2v) is 8.09. The summed E-state index contributed by atoms with van der Waals surface area (Å²) in [5, 5.41) is 6.19. The lowest BCUT2D eigenvalue weighted by Crippen LogP contribution is -2.36. The zero-order chi connectivity index (χ0) is 21.2. The van der Waals surface area contributed by atoms with Crippen molar-refractivity contribution in [1.82, 2.24) is 19.9 Å². The van der Waals surface area contributed by atoms with Crippen molar-refractivity contribution in [3.05, 3.63) is 53.1 Å². The number of aromatic nitrogens is 3. The lowest BCUT2D eigenvalue weighted by atomic mass is 10.2. The van der Waals surface area contributed by atoms with Crippen LogP contribution in [0.3, 0.4) is 0 Å². The van der Waals surface area contributed by atoms with Gasteiger partial charge in [0.25, 0.3) is 5.91 Å². The highest BCUT2D eigenvalue weighted by Crippen LogP contribution is 2.34. The Morgan fingerprint density at radius 2 is 2.06 bits per heavy atom. The molecule has 0 saturated carbocycles. The topological polar surface area (TPSA) is 119 Å². The lowest BCUT2D eigenvalue weighted by Gasteiger charge is -2.25. The number of nitrogens with zero attached hydrogens (tertiary/aromatic N) is 4. The third-order valence-electron chi connectivity index (χ3n) is 4.85. The van der Waals surface area contributed by atoms with Gasteiger partial charge in [0.1, 0.15) is 5.69 Å². The van der Waals surface area contributed by atoms with Gasteiger partial charge in [-0.2, -0.15) is 0 Å². The highest BCUT2D eigenvalue weighted by molar-refractivity contribution is 7.15. The van der Waals surface area contributed by atoms with Gasteiger partial charge in [-0.25, -0.2) is 9.97 Å². The first-order valence-corrected chi connectivity index (χ1v) is 10.4. The Balaban J connectivity index is 1.18. The molecule has 0 bridgehead atoms. The Kier molecular flexibility index (Phi) is 5.18. The zero-order valence-electron chi connectivity index (χ0n) is 16.3. The normalized spacial score (nSPS) is 14.7. The number of fused-ring (bicyclic) bond motifs is 2. The van der Waals surface area contributed by atoms with E-state index < -0.39 is 0 Å². The SMILES string of the molecule is O=C(CN1CCc2nc(NC(=O)c3cnccn3)sc2C1)Nc1ccc2c(c1)OCO2. The van der Waals surface area contributed by atoms with Crippen LogP contribution >= 0.6 is 11.3 Å². The molecule has 0 aliphatic carbocycles. The number of thiazole rings is 1. The van der Waals surface area contributed by atoms with E-state index in [0.29, 0.717) is 41.8 Å². The maximum atomic E-state index is 12.5. The minimum absolute atomic E-state index is 0.108. The molecule has 0 fully saturated rings. The van der Waals surface area contributed by atoms with E-state index in [4.69, 9.17) is 9.47 Å². The maximum Gasteiger partial charge on any atom is 0.277 e. The standard InChI is InChI=1S/C20H18N6O4S/c27-18(23-12-1-2-15-16(7-12)30-11-29-15)10-26-6-3-13-17(9-26)31-20(24-13)25-19(28)14-8-21-4-5-22-14/h1-2,4-5,7-8H,3,6,9-11H2,(H,23,27)(H,24,25,28). The molecule has 2 N–H and O–H groups in total. The van der Waals surface area contributed by atoms with Crippen molar-refractivity contribution in [2.75, 3.05) is 30.5 Å². The first kappa shape index (κ1) is 19.4. The van der Waals surface area contributed by atoms with Crippen molar-refractivity contribution in [3.8, 4) is 11.5 Å². The molecule has 3 aromatic rings. The van der Waals surface area contributed by atoms with Crippen LogP contribution in [0.2, 0.25) is 0 Å². The molecule has 1 aromatic carbocycles. The number of hydrogen-bond acceptors (Lipinski definition) is 9. The van der Waals surface area contributed by atoms with Crippen molar-refractivity contribution in [1.29, 1.82) is 0 Å². The molecule has 158 valence electrons. The lowest BCUT2D eigenvalue weighted by molar-refractivity contribution is -0.117. The minimum Gasteiger partial charge on any atom is -0.454 e. The predicted octanol–water partition coefficient (Wildman–Crippen LogP) is 1.91. The van der Waals surface area contributed by atoms with Gasteiger partial charge in [-0.05, 0) is 12.1 Å². The van der Waals surface area contributed by atoms with Crippen LogP contribution in [0.4, 0.5) is 10.8 Å². The van der Waals surface area contributed by atoms with Crippen LogP contribution in [0, 0.1) is 0 Å². The maximum absolute atomic E-state index is 12.5. The van der Waals surface area contributed by atoms with Gasteiger partial charge in [-0.1, -0.05) is 0 Å². The summed E-state index contributed by atoms with van der Waals surface area (Å²) in [5.74, 6) is 0.845. The second kappa shape index (κ2) is 8.28. The quantitative estimate of drug-likeness (QED) is 0.620. The molecule has 0 radical (unpaired) electrons. The number of anilines is 2. The molecule has 5 rings (SSSR count). The molecule has 11 heteroatoms. The van der Waals surface area contributed by atoms with E-state index in [1.807, 2.05) is 0 Å². The summed E-state index contributed by atoms with van der Waals surface area (Å²) in [6, 6.07) is 5.32. The van der Waals surface area contributed by atoms with E-state index in [-0.39, 0.29) is 30.8 Å². The number of ether oxygens (including phenoxy) is 2. The molecule has 31 heavy (non-hydrogen) atoms. The first-order chi connectivity index (χ1) is 15.1. The van der Waals surface area contributed by atoms with Crippen LogP contribution in [0.5, 0.6) is 11.5 Å². The van der Waals surface area contributed by atoms with E-state index in [2.05, 4.69) is 30.5 Å². The molecular formula is C20H18N6O4S. The first-order valence-electron chi connectivity index (χ1n) is 9.62. The fourth-order valence-corrected chi connectivity index (χ4v) is 4.44. The number of nitrogens with one attached hydrogen (secondary N) is 2. The predicted molar refractivity (Wildman–Crippen MR) is 112 cm³/mol. The summed E-state index contributed by atoms with van der Waals surface area (Å²) in [6.45, 7) is 1.76. The van der Waals surface area contributed by atoms with Crippen LogP contribution in [0.15, 0.2) is 36.8 Å². The molecular weight excluding hydrogens is 420 g/mol. The Labute approximate surface area is 181 Å². The molecule has 4 heterocycles. The molecule has 2 aromatic heterocycles. The van der Waals surface area contributed by atoms with Crippen molar-refractivity contribution < 1.29 is 19.1 Å². The number of carbonyl (C=O) groups excluding carboxylic acids is 2. The minimum atomic E-state index is -0.348. The van der Waals surface area contributed by atoms with Gasteiger partial charge in [-0.15, -0.1) is 11.3 Å². The Morgan fingerprint density at radius 1 is 1.16 bits per heavy atom. The van der Waals surface area contributed by atoms with E-state index in [1.54, 1.807) is 18.2 Å². The average molecular weight is 438 g/mol. The Hall–Kier alpha value is -3.57. The smallest absolute Gasteiger partial charge is 0.277 e. The number of amides is 2. The van der Waals surface area contributed by atoms with Gasteiger partial charge < -0.3 is 14.8 Å². The third kappa shape index (κ3) is 4.32. The summed E-state index contributed by atoms with van der Waals surface area (Å²) >= 11 is 1.41. The van der Waals surface area contributed by atoms with Gasteiger partial charge in [0, 0.05) is 48.5 Å². The van der Waals surface area contributed by atoms with Gasteiger partial charge in [0.2, 0.25) is 12.7 Å². The fraction of sp³-hybridized carbons (Fsp3) is 0.250. The molecule has 0 spiro atoms. The van der Waals surface area contributed by atoms with Crippen molar-refractivity contribution in [2.45, 2.75) is 13.0 Å². The summed E-state index contributed by atoms with van der Waals surface area (Å²) in [4.78, 5) is 40.2. The number of carbonyl (C=O) groups is 2. The van der Waals surface area contributed by atoms with Gasteiger partial charge in [0.05, 0.1) is 18.4 Å². The van der Waals surface area contributed by atoms with Gasteiger partial charge in [0.15, 0.2) is 16.6 Å². The highest BCUT2D eigenvalue weighted by atomic mass is 32.1. The largest absolute Gasteiger partial charge is 0.454 e. The number of benzene rings is 1. The van der Waals surface area contributed by atoms with Crippen molar-refractivity contribution in [2.24, 2.45) is 0 Å². The van der Waals surface area contributed by atoms with Crippen LogP contribution < -0.4 is 20.1 Å². The van der Waals surface area contributed by atoms with Crippen molar-refractivity contribution in [3.63, 3.8) is 0 Å². The van der Waals surface area contributed by atoms with Crippen LogP contribution in [-0.2, 0) is 17.8 Å². The van der Waals surface area contributed by atoms with Crippen LogP contribution in [-0.4, -0.2) is 51.5 Å². The molecule has 0 atom stereocenters. The Morgan fingerprint density at radius 3 is 2.94 bits per heavy atom. The van der Waals surface area contributed by atoms with E-state index in [0.717, 1.165) is 10.6 Å². The zero-order valence-corrected chi connectivity index (χ0v) is 17.1. The van der Waals surface area contributed by atoms with E-state index in [1.165, 1.54) is 29.9 Å². The molecule has 2 amide bonds. The molecule has 10 nitrogen and oxygen atoms in total. The van der Waals surface area contributed by atoms with Crippen molar-refractivity contribution >= 4 is 34.0 Å². The summed E-state index contributed by atoms with van der Waals surface area (Å²) in [7, 11) is 0. The summed E-state index contributed by atoms with van der Waals surface area (Å²) in [5.41, 5.74) is 1.85. The van der Waals surface area contributed by atoms with Gasteiger partial charge >= 0.3 is 0 Å². The van der Waals surface area contributed by atoms with Gasteiger partial charge in [-0.3, -0.25) is 24.8 Å². The molecule has 2 aliphatic heterocycles. The average Bonchev–Trinajstić information content (AvgIpc) is 3.39. The van der Waals surface area contributed by atoms with E-state index >= 15 is 0 Å². The van der Waals surface area contributed by atoms with Crippen LogP contribution in [0.1, 0.15) is 21.1 Å². The molecule has 0 unspecified atom stereocenters. The summed E-state index contributed by atoms with van der Waals surface area (Å²) in [6.07, 6.45) is 5.10. The second-order valence-electron chi connectivity index (χ2n) is 7.01. The van der Waals surface area contributed by atoms with Crippen LogP contribution in [0.25, 0.3) is 0 Å². The molecule has 2 aliphatic rings. The third-order valence-corrected chi connectivity index (χ3v) is 5.85.